The smallest absolute Gasteiger partial charge is 0.407 e. The number of halogens is 1. The molecule has 1 spiro atoms. The second-order valence-electron chi connectivity index (χ2n) is 10.8. The zero-order chi connectivity index (χ0) is 26.3. The molecule has 9 nitrogen and oxygen atoms in total. The van der Waals surface area contributed by atoms with Crippen LogP contribution in [0, 0.1) is 17.2 Å². The molecule has 1 atom stereocenters. The molecule has 5 rings (SSSR count). The normalized spacial score (nSPS) is 17.4. The summed E-state index contributed by atoms with van der Waals surface area (Å²) in [6, 6.07) is 8.37. The third-order valence-corrected chi connectivity index (χ3v) is 7.57. The highest BCUT2D eigenvalue weighted by molar-refractivity contribution is 5.92. The van der Waals surface area contributed by atoms with Crippen molar-refractivity contribution in [1.82, 2.24) is 24.8 Å². The van der Waals surface area contributed by atoms with Gasteiger partial charge in [0.15, 0.2) is 0 Å². The molecule has 2 aliphatic heterocycles. The monoisotopic (exact) mass is 508 g/mol. The van der Waals surface area contributed by atoms with E-state index in [1.165, 1.54) is 11.0 Å². The van der Waals surface area contributed by atoms with E-state index in [0.717, 1.165) is 18.2 Å². The fourth-order valence-electron chi connectivity index (χ4n) is 5.73. The lowest BCUT2D eigenvalue weighted by atomic mass is 9.79. The van der Waals surface area contributed by atoms with Gasteiger partial charge in [-0.05, 0) is 37.0 Å². The molecule has 0 bridgehead atoms. The van der Waals surface area contributed by atoms with Gasteiger partial charge in [0.1, 0.15) is 11.5 Å². The van der Waals surface area contributed by atoms with Gasteiger partial charge in [0.2, 0.25) is 11.9 Å². The number of amides is 2. The molecule has 2 saturated heterocycles. The van der Waals surface area contributed by atoms with Crippen LogP contribution in [0.3, 0.4) is 0 Å². The Morgan fingerprint density at radius 3 is 2.59 bits per heavy atom. The van der Waals surface area contributed by atoms with Crippen LogP contribution in [-0.4, -0.2) is 69.8 Å². The molecule has 4 heterocycles. The summed E-state index contributed by atoms with van der Waals surface area (Å²) in [5.41, 5.74) is 1.48. The van der Waals surface area contributed by atoms with Crippen molar-refractivity contribution in [3.63, 3.8) is 0 Å². The van der Waals surface area contributed by atoms with Gasteiger partial charge in [-0.2, -0.15) is 4.98 Å². The van der Waals surface area contributed by atoms with Gasteiger partial charge in [-0.25, -0.2) is 14.2 Å². The van der Waals surface area contributed by atoms with Gasteiger partial charge >= 0.3 is 6.09 Å². The van der Waals surface area contributed by atoms with Crippen molar-refractivity contribution >= 4 is 29.0 Å². The van der Waals surface area contributed by atoms with Crippen LogP contribution >= 0.6 is 0 Å². The molecule has 0 radical (unpaired) electrons. The second-order valence-corrected chi connectivity index (χ2v) is 10.8. The van der Waals surface area contributed by atoms with Crippen molar-refractivity contribution in [2.24, 2.45) is 11.3 Å². The number of anilines is 1. The van der Waals surface area contributed by atoms with Crippen molar-refractivity contribution in [3.8, 4) is 11.3 Å². The van der Waals surface area contributed by atoms with Crippen LogP contribution in [0.2, 0.25) is 0 Å². The maximum atomic E-state index is 15.0. The number of aromatic nitrogens is 3. The Morgan fingerprint density at radius 1 is 1.16 bits per heavy atom. The third kappa shape index (κ3) is 4.72. The molecule has 10 heteroatoms. The lowest BCUT2D eigenvalue weighted by Crippen LogP contribution is -2.59. The Balaban J connectivity index is 1.59. The summed E-state index contributed by atoms with van der Waals surface area (Å²) in [5, 5.41) is 12.7. The van der Waals surface area contributed by atoms with E-state index in [9.17, 15) is 19.1 Å². The number of rotatable bonds is 7. The Hall–Kier alpha value is -3.69. The van der Waals surface area contributed by atoms with Gasteiger partial charge in [0, 0.05) is 68.3 Å². The molecule has 1 unspecified atom stereocenters. The molecule has 2 N–H and O–H groups in total. The molecule has 2 aliphatic rings. The lowest BCUT2D eigenvalue weighted by molar-refractivity contribution is -0.121. The number of likely N-dealkylation sites (tertiary alicyclic amines) is 1. The molecule has 37 heavy (non-hydrogen) atoms. The van der Waals surface area contributed by atoms with E-state index in [1.807, 2.05) is 16.8 Å². The summed E-state index contributed by atoms with van der Waals surface area (Å²) in [6.07, 6.45) is 2.97. The first kappa shape index (κ1) is 25.0. The number of hydrogen-bond acceptors (Lipinski definition) is 5. The van der Waals surface area contributed by atoms with Crippen molar-refractivity contribution < 1.29 is 19.1 Å². The summed E-state index contributed by atoms with van der Waals surface area (Å²) < 4.78 is 17.0. The Kier molecular flexibility index (Phi) is 6.51. The van der Waals surface area contributed by atoms with Gasteiger partial charge in [0.05, 0.1) is 5.69 Å². The van der Waals surface area contributed by atoms with E-state index < -0.39 is 6.09 Å². The Bertz CT molecular complexity index is 1330. The SMILES string of the molecule is CNC(=O)CC(CC(C)C)n1ccc2c(-c3ccccc3F)nc(N3CCC4(CN(C(=O)O)C4)C3)nc21. The highest BCUT2D eigenvalue weighted by Gasteiger charge is 2.50. The zero-order valence-electron chi connectivity index (χ0n) is 21.4. The number of carbonyl (C=O) groups excluding carboxylic acids is 1. The number of nitrogens with zero attached hydrogens (tertiary/aromatic N) is 5. The summed E-state index contributed by atoms with van der Waals surface area (Å²) in [4.78, 5) is 37.0. The van der Waals surface area contributed by atoms with Crippen LogP contribution in [0.5, 0.6) is 0 Å². The molecule has 2 fully saturated rings. The van der Waals surface area contributed by atoms with Crippen LogP contribution in [0.25, 0.3) is 22.3 Å². The predicted molar refractivity (Wildman–Crippen MR) is 139 cm³/mol. The van der Waals surface area contributed by atoms with Crippen LogP contribution in [0.4, 0.5) is 15.1 Å². The van der Waals surface area contributed by atoms with Gasteiger partial charge in [-0.1, -0.05) is 26.0 Å². The Morgan fingerprint density at radius 2 is 1.92 bits per heavy atom. The van der Waals surface area contributed by atoms with E-state index in [2.05, 4.69) is 24.1 Å². The number of carbonyl (C=O) groups is 2. The molecule has 1 aromatic carbocycles. The molecule has 2 aromatic heterocycles. The maximum absolute atomic E-state index is 15.0. The van der Waals surface area contributed by atoms with Crippen molar-refractivity contribution in [3.05, 3.63) is 42.3 Å². The van der Waals surface area contributed by atoms with Crippen LogP contribution in [0.15, 0.2) is 36.5 Å². The number of hydrogen-bond donors (Lipinski definition) is 2. The largest absolute Gasteiger partial charge is 0.465 e. The Labute approximate surface area is 215 Å². The van der Waals surface area contributed by atoms with Crippen LogP contribution < -0.4 is 10.2 Å². The first-order valence-electron chi connectivity index (χ1n) is 12.8. The number of fused-ring (bicyclic) bond motifs is 1. The quantitative estimate of drug-likeness (QED) is 0.497. The zero-order valence-corrected chi connectivity index (χ0v) is 21.4. The molecular weight excluding hydrogens is 475 g/mol. The topological polar surface area (TPSA) is 104 Å². The van der Waals surface area contributed by atoms with E-state index in [1.54, 1.807) is 25.2 Å². The fraction of sp³-hybridized carbons (Fsp3) is 0.481. The molecular formula is C27H33FN6O3. The maximum Gasteiger partial charge on any atom is 0.407 e. The van der Waals surface area contributed by atoms with E-state index in [0.29, 0.717) is 61.4 Å². The van der Waals surface area contributed by atoms with Gasteiger partial charge < -0.3 is 24.8 Å². The minimum absolute atomic E-state index is 0.0504. The summed E-state index contributed by atoms with van der Waals surface area (Å²) >= 11 is 0. The highest BCUT2D eigenvalue weighted by Crippen LogP contribution is 2.41. The first-order chi connectivity index (χ1) is 17.7. The predicted octanol–water partition coefficient (Wildman–Crippen LogP) is 4.15. The molecule has 0 saturated carbocycles. The molecule has 2 amide bonds. The molecule has 0 aliphatic carbocycles. The minimum Gasteiger partial charge on any atom is -0.465 e. The minimum atomic E-state index is -0.895. The number of benzene rings is 1. The van der Waals surface area contributed by atoms with Gasteiger partial charge in [-0.3, -0.25) is 4.79 Å². The standard InChI is InChI=1S/C27H33FN6O3/c1-17(2)12-18(13-22(35)29-3)34-10-8-20-23(19-6-4-5-7-21(19)28)30-25(31-24(20)34)32-11-9-27(14-32)15-33(16-27)26(36)37/h4-8,10,17-18H,9,11-16H2,1-3H3,(H,29,35)(H,36,37). The molecule has 3 aromatic rings. The summed E-state index contributed by atoms with van der Waals surface area (Å²) in [7, 11) is 1.63. The van der Waals surface area contributed by atoms with Crippen LogP contribution in [-0.2, 0) is 4.79 Å². The van der Waals surface area contributed by atoms with Crippen molar-refractivity contribution in [2.75, 3.05) is 38.1 Å². The summed E-state index contributed by atoms with van der Waals surface area (Å²) in [6.45, 7) is 6.59. The van der Waals surface area contributed by atoms with Gasteiger partial charge in [0.25, 0.3) is 0 Å². The van der Waals surface area contributed by atoms with Crippen LogP contribution in [0.1, 0.15) is 39.2 Å². The van der Waals surface area contributed by atoms with E-state index in [-0.39, 0.29) is 23.2 Å². The summed E-state index contributed by atoms with van der Waals surface area (Å²) in [5.74, 6) is 0.443. The van der Waals surface area contributed by atoms with E-state index in [4.69, 9.17) is 9.97 Å². The average molecular weight is 509 g/mol. The number of carboxylic acid groups (broad SMARTS) is 1. The van der Waals surface area contributed by atoms with Gasteiger partial charge in [-0.15, -0.1) is 0 Å². The highest BCUT2D eigenvalue weighted by atomic mass is 19.1. The van der Waals surface area contributed by atoms with Crippen molar-refractivity contribution in [2.45, 2.75) is 39.2 Å². The van der Waals surface area contributed by atoms with E-state index >= 15 is 0 Å². The van der Waals surface area contributed by atoms with Crippen molar-refractivity contribution in [1.29, 1.82) is 0 Å². The fourth-order valence-corrected chi connectivity index (χ4v) is 5.73. The third-order valence-electron chi connectivity index (χ3n) is 7.57. The number of nitrogens with one attached hydrogen (secondary N) is 1. The second kappa shape index (κ2) is 9.64. The average Bonchev–Trinajstić information content (AvgIpc) is 3.47. The first-order valence-corrected chi connectivity index (χ1v) is 12.8. The lowest BCUT2D eigenvalue weighted by Gasteiger charge is -2.46. The molecule has 196 valence electrons.